The smallest absolute Gasteiger partial charge is 0.333 e. The van der Waals surface area contributed by atoms with E-state index in [1.165, 1.54) is 63.3 Å². The molecule has 28 nitrogen and oxygen atoms in total. The molecule has 2 bridgehead atoms. The van der Waals surface area contributed by atoms with E-state index in [1.807, 2.05) is 70.1 Å². The number of allylic oxidation sites excluding steroid dienone is 2. The molecule has 0 spiro atoms. The first-order valence-electron chi connectivity index (χ1n) is 36.7. The van der Waals surface area contributed by atoms with Crippen LogP contribution in [0.1, 0.15) is 131 Å². The molecule has 2 aromatic carbocycles. The van der Waals surface area contributed by atoms with Gasteiger partial charge >= 0.3 is 11.9 Å². The van der Waals surface area contributed by atoms with Crippen LogP contribution < -0.4 is 26.2 Å². The topological polar surface area (TPSA) is 345 Å². The van der Waals surface area contributed by atoms with Crippen LogP contribution in [0.15, 0.2) is 131 Å². The number of benzene rings is 2. The zero-order valence-corrected chi connectivity index (χ0v) is 62.3. The lowest BCUT2D eigenvalue weighted by Gasteiger charge is -2.41. The van der Waals surface area contributed by atoms with Gasteiger partial charge in [0.1, 0.15) is 66.6 Å². The Morgan fingerprint density at radius 2 is 1.52 bits per heavy atom. The molecule has 576 valence electrons. The number of carbonyl (C=O) groups is 10. The molecule has 6 aliphatic heterocycles. The molecule has 2 aromatic heterocycles. The summed E-state index contributed by atoms with van der Waals surface area (Å²) in [6.07, 6.45) is 9.80. The predicted octanol–water partition coefficient (Wildman–Crippen LogP) is 4.87. The van der Waals surface area contributed by atoms with E-state index in [2.05, 4.69) is 36.1 Å². The quantitative estimate of drug-likeness (QED) is 0.0910. The minimum absolute atomic E-state index is 0.00515. The number of alkyl halides is 1. The molecule has 0 aliphatic carbocycles. The molecule has 8 amide bonds. The van der Waals surface area contributed by atoms with Gasteiger partial charge in [0.15, 0.2) is 23.3 Å². The molecule has 10 rings (SSSR count). The zero-order valence-electron chi connectivity index (χ0n) is 62.3. The Morgan fingerprint density at radius 3 is 2.21 bits per heavy atom. The summed E-state index contributed by atoms with van der Waals surface area (Å²) in [7, 11) is 5.38. The standard InChI is InChI=1S/C50H63N9O10.C28H38FN3O6/c1-6-36-47(64)58-23-11-14-38(58)48(65)56(5)39(28-32-16-19-35(20-17-32)55(3)4)49(66)59-30-33(29-57-24-26-68-27-25-57)18-21-37(59)44(61)54-42(34-12-8-7-9-13-34)50(67)69-31(2)41(45(62)52-36)53-46(63)43-40(60)15-10-22-51-43;1-17(2)26-19(4)9-10-24(34)30-11-5-7-18(3)13-21(33)14-20(29)15-25-31-22(16-37-25)27(35)32-12-6-8-23(32)28(36)38-26/h7-10,12-13,15-20,22,31,36-39,41-42,60H,6,11,14,21,23-30H2,1-5H3,(H,52,62)(H,53,63)(H,54,61);5,7,9-10,13,16-17,19-21,23,26,33H,6,8,11-12,14-15H2,1-4H3,(H,30,34)/b;7-5?,10-9+,18-13+/t31-,36-,37+,38+,39+,41+,42+;/m1./s1. The molecule has 0 radical (unpaired) electrons. The van der Waals surface area contributed by atoms with E-state index >= 15 is 4.79 Å². The molecule has 4 saturated heterocycles. The van der Waals surface area contributed by atoms with Crippen molar-refractivity contribution in [1.82, 2.24) is 55.7 Å². The summed E-state index contributed by atoms with van der Waals surface area (Å²) in [4.78, 5) is 159. The number of esters is 2. The fraction of sp³-hybridized carbons (Fsp3) is 0.513. The lowest BCUT2D eigenvalue weighted by molar-refractivity contribution is -0.158. The van der Waals surface area contributed by atoms with Crippen LogP contribution in [0.2, 0.25) is 0 Å². The summed E-state index contributed by atoms with van der Waals surface area (Å²) in [6.45, 7) is 14.4. The molecule has 8 heterocycles. The fourth-order valence-electron chi connectivity index (χ4n) is 14.1. The zero-order chi connectivity index (χ0) is 77.2. The number of aliphatic hydroxyl groups excluding tert-OH is 1. The number of aromatic hydroxyl groups is 1. The van der Waals surface area contributed by atoms with Crippen molar-refractivity contribution in [2.75, 3.05) is 85.1 Å². The molecule has 12 atom stereocenters. The van der Waals surface area contributed by atoms with Gasteiger partial charge < -0.3 is 74.6 Å². The summed E-state index contributed by atoms with van der Waals surface area (Å²) in [5.74, 6) is -7.05. The van der Waals surface area contributed by atoms with Gasteiger partial charge in [0.2, 0.25) is 35.4 Å². The fourth-order valence-corrected chi connectivity index (χ4v) is 14.1. The number of carbonyl (C=O) groups excluding carboxylic acids is 10. The van der Waals surface area contributed by atoms with Crippen LogP contribution in [0.3, 0.4) is 0 Å². The molecule has 29 heteroatoms. The first-order valence-corrected chi connectivity index (χ1v) is 36.7. The lowest BCUT2D eigenvalue weighted by atomic mass is 9.94. The van der Waals surface area contributed by atoms with Gasteiger partial charge in [-0.15, -0.1) is 0 Å². The van der Waals surface area contributed by atoms with Gasteiger partial charge in [-0.2, -0.15) is 0 Å². The maximum Gasteiger partial charge on any atom is 0.333 e. The molecule has 4 fully saturated rings. The molecule has 6 aliphatic rings. The number of likely N-dealkylation sites (N-methyl/N-ethyl adjacent to an activating group) is 1. The Hall–Kier alpha value is -10.1. The normalized spacial score (nSPS) is 27.6. The molecule has 4 aromatic rings. The van der Waals surface area contributed by atoms with Crippen LogP contribution in [0.25, 0.3) is 0 Å². The molecule has 6 N–H and O–H groups in total. The van der Waals surface area contributed by atoms with Crippen molar-refractivity contribution in [3.63, 3.8) is 0 Å². The third-order valence-corrected chi connectivity index (χ3v) is 20.0. The monoisotopic (exact) mass is 1480 g/mol. The van der Waals surface area contributed by atoms with Crippen LogP contribution in [-0.2, 0) is 65.4 Å². The van der Waals surface area contributed by atoms with Gasteiger partial charge in [0, 0.05) is 97.6 Å². The van der Waals surface area contributed by atoms with Crippen molar-refractivity contribution in [3.05, 3.63) is 155 Å². The van der Waals surface area contributed by atoms with Gasteiger partial charge in [-0.1, -0.05) is 106 Å². The highest BCUT2D eigenvalue weighted by Crippen LogP contribution is 2.30. The maximum atomic E-state index is 15.5. The largest absolute Gasteiger partial charge is 0.505 e. The maximum absolute atomic E-state index is 15.5. The van der Waals surface area contributed by atoms with Gasteiger partial charge in [-0.3, -0.25) is 43.3 Å². The van der Waals surface area contributed by atoms with Crippen molar-refractivity contribution < 1.29 is 81.2 Å². The average molecular weight is 1480 g/mol. The minimum atomic E-state index is -1.66. The van der Waals surface area contributed by atoms with E-state index in [-0.39, 0.29) is 81.1 Å². The van der Waals surface area contributed by atoms with Crippen LogP contribution in [0.5, 0.6) is 5.75 Å². The SMILES string of the molecule is C/C1=C\C(O)CC(F)Cc2nc(co2)C(=O)N2CCCC2C(=O)OC(C(C)C)C(C)/C=C/C(=O)NCC=C1.CC[C@H]1NC(=O)[C@@H](NC(=O)c2ncccc2O)[C@@H](C)OC(=O)[C@H](c2ccccc2)NC(=O)[C@@H]2CC=C(CN3CCOCC3)CN2C(=O)[C@H](Cc2ccc(N(C)C)cc2)N(C)C(=O)[C@@H]2CCCN2C1=O. The highest BCUT2D eigenvalue weighted by Gasteiger charge is 2.46. The number of aliphatic hydroxyl groups is 1. The predicted molar refractivity (Wildman–Crippen MR) is 392 cm³/mol. The molecule has 5 unspecified atom stereocenters. The summed E-state index contributed by atoms with van der Waals surface area (Å²) in [5, 5.41) is 31.6. The van der Waals surface area contributed by atoms with Crippen LogP contribution in [0, 0.1) is 11.8 Å². The van der Waals surface area contributed by atoms with Crippen molar-refractivity contribution in [3.8, 4) is 5.75 Å². The van der Waals surface area contributed by atoms with E-state index in [0.29, 0.717) is 76.2 Å². The number of rotatable bonds is 10. The van der Waals surface area contributed by atoms with Crippen molar-refractivity contribution in [2.24, 2.45) is 11.8 Å². The highest BCUT2D eigenvalue weighted by molar-refractivity contribution is 6.01. The number of fused-ring (bicyclic) bond motifs is 5. The number of nitrogens with zero attached hydrogens (tertiary/aromatic N) is 8. The number of oxazole rings is 1. The van der Waals surface area contributed by atoms with E-state index < -0.39 is 132 Å². The summed E-state index contributed by atoms with van der Waals surface area (Å²) in [5.41, 5.74) is 3.22. The Bertz CT molecular complexity index is 3930. The number of ether oxygens (including phenoxy) is 3. The number of nitrogens with one attached hydrogen (secondary N) is 4. The average Bonchev–Trinajstić information content (AvgIpc) is 1.67. The van der Waals surface area contributed by atoms with E-state index in [4.69, 9.17) is 18.6 Å². The van der Waals surface area contributed by atoms with E-state index in [9.17, 15) is 57.8 Å². The van der Waals surface area contributed by atoms with E-state index in [0.717, 1.165) is 16.8 Å². The third-order valence-electron chi connectivity index (χ3n) is 20.0. The van der Waals surface area contributed by atoms with Crippen molar-refractivity contribution >= 4 is 64.9 Å². The molecular formula is C78H101FN12O16. The second-order valence-corrected chi connectivity index (χ2v) is 28.5. The number of hydrogen-bond donors (Lipinski definition) is 6. The van der Waals surface area contributed by atoms with Gasteiger partial charge in [-0.05, 0) is 105 Å². The van der Waals surface area contributed by atoms with Crippen molar-refractivity contribution in [2.45, 2.75) is 166 Å². The van der Waals surface area contributed by atoms with Crippen LogP contribution in [-0.4, -0.2) is 245 Å². The lowest BCUT2D eigenvalue weighted by Crippen LogP contribution is -2.61. The van der Waals surface area contributed by atoms with Crippen LogP contribution in [0.4, 0.5) is 10.1 Å². The highest BCUT2D eigenvalue weighted by atomic mass is 19.1. The Morgan fingerprint density at radius 1 is 0.813 bits per heavy atom. The number of pyridine rings is 1. The number of cyclic esters (lactones) is 2. The van der Waals surface area contributed by atoms with Gasteiger partial charge in [0.05, 0.1) is 25.7 Å². The Labute approximate surface area is 623 Å². The second kappa shape index (κ2) is 37.9. The number of halogens is 1. The number of morpholine rings is 1. The van der Waals surface area contributed by atoms with E-state index in [1.54, 1.807) is 69.5 Å². The first kappa shape index (κ1) is 81.0. The van der Waals surface area contributed by atoms with Gasteiger partial charge in [-0.25, -0.2) is 23.9 Å². The summed E-state index contributed by atoms with van der Waals surface area (Å²) < 4.78 is 37.4. The second-order valence-electron chi connectivity index (χ2n) is 28.5. The number of aromatic nitrogens is 2. The number of hydrogen-bond acceptors (Lipinski definition) is 20. The minimum Gasteiger partial charge on any atom is -0.505 e. The van der Waals surface area contributed by atoms with Crippen molar-refractivity contribution in [1.29, 1.82) is 0 Å². The molecular weight excluding hydrogens is 1380 g/mol. The molecule has 0 saturated carbocycles. The summed E-state index contributed by atoms with van der Waals surface area (Å²) >= 11 is 0. The summed E-state index contributed by atoms with van der Waals surface area (Å²) in [6, 6.07) is 10.2. The van der Waals surface area contributed by atoms with Crippen LogP contribution >= 0.6 is 0 Å². The third kappa shape index (κ3) is 21.4. The Balaban J connectivity index is 0.000000294. The van der Waals surface area contributed by atoms with Gasteiger partial charge in [0.25, 0.3) is 11.8 Å². The number of amides is 8. The first-order chi connectivity index (χ1) is 51.2. The molecule has 107 heavy (non-hydrogen) atoms. The Kier molecular flexibility index (Phi) is 28.7. The number of anilines is 1.